The fourth-order valence-electron chi connectivity index (χ4n) is 6.37. The van der Waals surface area contributed by atoms with Crippen molar-refractivity contribution < 1.29 is 4.79 Å². The molecule has 3 aromatic heterocycles. The van der Waals surface area contributed by atoms with Crippen molar-refractivity contribution in [3.05, 3.63) is 41.0 Å². The second kappa shape index (κ2) is 11.2. The molecular weight excluding hydrogens is 494 g/mol. The summed E-state index contributed by atoms with van der Waals surface area (Å²) in [6, 6.07) is 7.06. The van der Waals surface area contributed by atoms with E-state index in [9.17, 15) is 4.79 Å². The second-order valence-corrected chi connectivity index (χ2v) is 12.2. The molecule has 8 nitrogen and oxygen atoms in total. The van der Waals surface area contributed by atoms with E-state index in [1.54, 1.807) is 16.2 Å². The molecule has 1 saturated carbocycles. The van der Waals surface area contributed by atoms with Crippen LogP contribution in [0.15, 0.2) is 30.6 Å². The highest BCUT2D eigenvalue weighted by molar-refractivity contribution is 7.21. The maximum Gasteiger partial charge on any atom is 0.263 e. The van der Waals surface area contributed by atoms with Crippen molar-refractivity contribution in [1.29, 1.82) is 0 Å². The Hall–Kier alpha value is -2.75. The number of amides is 1. The van der Waals surface area contributed by atoms with E-state index < -0.39 is 0 Å². The zero-order chi connectivity index (χ0) is 26.1. The third kappa shape index (κ3) is 5.24. The summed E-state index contributed by atoms with van der Waals surface area (Å²) in [5.41, 5.74) is 2.40. The molecule has 0 spiro atoms. The van der Waals surface area contributed by atoms with Crippen molar-refractivity contribution in [1.82, 2.24) is 25.1 Å². The Bertz CT molecular complexity index is 1250. The number of nitrogens with zero attached hydrogens (tertiary/aromatic N) is 5. The van der Waals surface area contributed by atoms with Gasteiger partial charge in [0.2, 0.25) is 0 Å². The lowest BCUT2D eigenvalue weighted by atomic mass is 9.94. The summed E-state index contributed by atoms with van der Waals surface area (Å²) in [6.07, 6.45) is 11.2. The fraction of sp³-hybridized carbons (Fsp3) is 0.552. The number of hydrogen-bond acceptors (Lipinski definition) is 8. The first kappa shape index (κ1) is 25.5. The van der Waals surface area contributed by atoms with E-state index in [0.29, 0.717) is 5.92 Å². The molecule has 0 bridgehead atoms. The van der Waals surface area contributed by atoms with Crippen molar-refractivity contribution in [3.63, 3.8) is 0 Å². The molecule has 0 unspecified atom stereocenters. The average molecular weight is 534 g/mol. The Morgan fingerprint density at radius 3 is 2.42 bits per heavy atom. The molecule has 38 heavy (non-hydrogen) atoms. The molecular formula is C29H39N7OS. The number of aromatic nitrogens is 2. The van der Waals surface area contributed by atoms with Gasteiger partial charge < -0.3 is 20.4 Å². The number of pyridine rings is 2. The Morgan fingerprint density at radius 1 is 1.00 bits per heavy atom. The zero-order valence-electron chi connectivity index (χ0n) is 22.6. The summed E-state index contributed by atoms with van der Waals surface area (Å²) in [7, 11) is 3.67. The molecule has 3 aliphatic rings. The van der Waals surface area contributed by atoms with Crippen LogP contribution in [0, 0.1) is 0 Å². The van der Waals surface area contributed by atoms with E-state index in [1.165, 1.54) is 36.9 Å². The van der Waals surface area contributed by atoms with Gasteiger partial charge in [-0.1, -0.05) is 12.8 Å². The summed E-state index contributed by atoms with van der Waals surface area (Å²) in [4.78, 5) is 30.1. The van der Waals surface area contributed by atoms with E-state index in [1.807, 2.05) is 32.6 Å². The monoisotopic (exact) mass is 533 g/mol. The smallest absolute Gasteiger partial charge is 0.263 e. The Morgan fingerprint density at radius 2 is 1.74 bits per heavy atom. The molecule has 1 amide bonds. The third-order valence-electron chi connectivity index (χ3n) is 8.49. The number of piperidine rings is 1. The minimum atomic E-state index is 0.0939. The van der Waals surface area contributed by atoms with Crippen LogP contribution in [0.4, 0.5) is 17.3 Å². The molecule has 3 aromatic rings. The van der Waals surface area contributed by atoms with Gasteiger partial charge in [0, 0.05) is 57.9 Å². The van der Waals surface area contributed by atoms with Crippen LogP contribution in [0.25, 0.3) is 10.1 Å². The van der Waals surface area contributed by atoms with Crippen LogP contribution in [-0.2, 0) is 0 Å². The van der Waals surface area contributed by atoms with Gasteiger partial charge in [-0.25, -0.2) is 9.97 Å². The lowest BCUT2D eigenvalue weighted by Crippen LogP contribution is -2.52. The van der Waals surface area contributed by atoms with Gasteiger partial charge in [0.05, 0.1) is 21.5 Å². The number of hydrogen-bond donors (Lipinski definition) is 2. The number of anilines is 3. The number of piperazine rings is 1. The maximum atomic E-state index is 13.0. The van der Waals surface area contributed by atoms with Crippen LogP contribution in [0.1, 0.15) is 59.7 Å². The SMILES string of the molecule is CN(C)C(=O)c1sc2cnc(Nc3ccc(N4CCN(C5CCNCC5)CC4)cn3)cc2c1C1CCCC1. The number of carbonyl (C=O) groups is 1. The zero-order valence-corrected chi connectivity index (χ0v) is 23.4. The van der Waals surface area contributed by atoms with Crippen molar-refractivity contribution in [3.8, 4) is 0 Å². The van der Waals surface area contributed by atoms with Crippen LogP contribution in [0.2, 0.25) is 0 Å². The molecule has 1 aliphatic carbocycles. The van der Waals surface area contributed by atoms with Gasteiger partial charge in [0.25, 0.3) is 5.91 Å². The molecule has 9 heteroatoms. The highest BCUT2D eigenvalue weighted by Crippen LogP contribution is 2.44. The molecule has 202 valence electrons. The summed E-state index contributed by atoms with van der Waals surface area (Å²) < 4.78 is 1.08. The molecule has 6 rings (SSSR count). The van der Waals surface area contributed by atoms with Crippen LogP contribution >= 0.6 is 11.3 Å². The summed E-state index contributed by atoms with van der Waals surface area (Å²) in [5.74, 6) is 2.10. The summed E-state index contributed by atoms with van der Waals surface area (Å²) in [6.45, 7) is 6.64. The van der Waals surface area contributed by atoms with E-state index in [2.05, 4.69) is 37.6 Å². The highest BCUT2D eigenvalue weighted by atomic mass is 32.1. The lowest BCUT2D eigenvalue weighted by molar-refractivity contribution is 0.0831. The summed E-state index contributed by atoms with van der Waals surface area (Å²) in [5, 5.41) is 8.04. The van der Waals surface area contributed by atoms with Gasteiger partial charge in [0.1, 0.15) is 11.6 Å². The lowest BCUT2D eigenvalue weighted by Gasteiger charge is -2.41. The van der Waals surface area contributed by atoms with Gasteiger partial charge in [-0.15, -0.1) is 11.3 Å². The van der Waals surface area contributed by atoms with Crippen molar-refractivity contribution in [2.24, 2.45) is 0 Å². The largest absolute Gasteiger partial charge is 0.368 e. The number of nitrogens with one attached hydrogen (secondary N) is 2. The van der Waals surface area contributed by atoms with E-state index in [-0.39, 0.29) is 5.91 Å². The Kier molecular flexibility index (Phi) is 7.50. The second-order valence-electron chi connectivity index (χ2n) is 11.1. The number of thiophene rings is 1. The minimum absolute atomic E-state index is 0.0939. The number of carbonyl (C=O) groups excluding carboxylic acids is 1. The van der Waals surface area contributed by atoms with Crippen LogP contribution in [-0.4, -0.2) is 85.1 Å². The maximum absolute atomic E-state index is 13.0. The predicted octanol–water partition coefficient (Wildman–Crippen LogP) is 4.67. The van der Waals surface area contributed by atoms with Crippen molar-refractivity contribution in [2.45, 2.75) is 50.5 Å². The first-order chi connectivity index (χ1) is 18.6. The number of rotatable bonds is 6. The Balaban J connectivity index is 1.16. The molecule has 2 saturated heterocycles. The number of fused-ring (bicyclic) bond motifs is 1. The van der Waals surface area contributed by atoms with Gasteiger partial charge >= 0.3 is 0 Å². The van der Waals surface area contributed by atoms with Crippen molar-refractivity contribution >= 4 is 44.7 Å². The third-order valence-corrected chi connectivity index (χ3v) is 9.63. The quantitative estimate of drug-likeness (QED) is 0.477. The first-order valence-corrected chi connectivity index (χ1v) is 15.0. The first-order valence-electron chi connectivity index (χ1n) is 14.1. The molecule has 2 aliphatic heterocycles. The summed E-state index contributed by atoms with van der Waals surface area (Å²) >= 11 is 1.58. The minimum Gasteiger partial charge on any atom is -0.368 e. The van der Waals surface area contributed by atoms with Gasteiger partial charge in [0.15, 0.2) is 0 Å². The molecule has 3 fully saturated rings. The van der Waals surface area contributed by atoms with Crippen LogP contribution in [0.5, 0.6) is 0 Å². The Labute approximate surface area is 229 Å². The average Bonchev–Trinajstić information content (AvgIpc) is 3.61. The molecule has 2 N–H and O–H groups in total. The van der Waals surface area contributed by atoms with E-state index in [4.69, 9.17) is 4.98 Å². The molecule has 0 aromatic carbocycles. The topological polar surface area (TPSA) is 76.6 Å². The van der Waals surface area contributed by atoms with E-state index in [0.717, 1.165) is 84.8 Å². The normalized spacial score (nSPS) is 19.8. The van der Waals surface area contributed by atoms with Gasteiger partial charge in [-0.3, -0.25) is 9.69 Å². The van der Waals surface area contributed by atoms with Crippen molar-refractivity contribution in [2.75, 3.05) is 63.6 Å². The van der Waals surface area contributed by atoms with E-state index >= 15 is 0 Å². The van der Waals surface area contributed by atoms with Crippen LogP contribution < -0.4 is 15.5 Å². The van der Waals surface area contributed by atoms with Gasteiger partial charge in [-0.2, -0.15) is 0 Å². The highest BCUT2D eigenvalue weighted by Gasteiger charge is 2.29. The fourth-order valence-corrected chi connectivity index (χ4v) is 7.63. The predicted molar refractivity (Wildman–Crippen MR) is 156 cm³/mol. The van der Waals surface area contributed by atoms with Gasteiger partial charge in [-0.05, 0) is 68.5 Å². The standard InChI is InChI=1S/C29H39N7OS/c1-34(2)29(37)28-27(20-5-3-4-6-20)23-17-26(32-19-24(23)38-28)33-25-8-7-22(18-31-25)36-15-13-35(14-16-36)21-9-11-30-12-10-21/h7-8,17-21,30H,3-6,9-16H2,1-2H3,(H,31,32,33). The molecule has 5 heterocycles. The molecule has 0 radical (unpaired) electrons. The molecule has 0 atom stereocenters. The van der Waals surface area contributed by atoms with Crippen LogP contribution in [0.3, 0.4) is 0 Å².